The van der Waals surface area contributed by atoms with E-state index >= 15 is 0 Å². The highest BCUT2D eigenvalue weighted by Crippen LogP contribution is 2.23. The summed E-state index contributed by atoms with van der Waals surface area (Å²) in [5.41, 5.74) is 1.08. The first-order chi connectivity index (χ1) is 10.7. The van der Waals surface area contributed by atoms with Gasteiger partial charge in [-0.3, -0.25) is 4.90 Å². The maximum Gasteiger partial charge on any atom is 0.122 e. The molecule has 0 amide bonds. The van der Waals surface area contributed by atoms with E-state index in [2.05, 4.69) is 16.3 Å². The van der Waals surface area contributed by atoms with Crippen LogP contribution in [0.25, 0.3) is 0 Å². The molecule has 122 valence electrons. The molecule has 1 aliphatic heterocycles. The van der Waals surface area contributed by atoms with Crippen LogP contribution < -0.4 is 0 Å². The molecule has 1 saturated heterocycles. The summed E-state index contributed by atoms with van der Waals surface area (Å²) in [4.78, 5) is 7.09. The summed E-state index contributed by atoms with van der Waals surface area (Å²) in [5, 5.41) is 12.0. The first-order valence-electron chi connectivity index (χ1n) is 7.99. The van der Waals surface area contributed by atoms with Gasteiger partial charge < -0.3 is 9.47 Å². The number of ether oxygens (including phenoxy) is 2. The second kappa shape index (κ2) is 9.21. The van der Waals surface area contributed by atoms with Gasteiger partial charge in [-0.1, -0.05) is 0 Å². The molecule has 0 N–H and O–H groups in total. The Hall–Kier alpha value is -1.00. The molecule has 1 atom stereocenters. The molecule has 2 heterocycles. The molecule has 22 heavy (non-hydrogen) atoms. The Morgan fingerprint density at radius 1 is 1.55 bits per heavy atom. The number of nitriles is 1. The third kappa shape index (κ3) is 5.03. The van der Waals surface area contributed by atoms with E-state index in [9.17, 15) is 0 Å². The Morgan fingerprint density at radius 3 is 3.00 bits per heavy atom. The van der Waals surface area contributed by atoms with E-state index in [1.165, 1.54) is 0 Å². The second-order valence-corrected chi connectivity index (χ2v) is 6.39. The van der Waals surface area contributed by atoms with Crippen LogP contribution in [0.3, 0.4) is 0 Å². The van der Waals surface area contributed by atoms with E-state index in [0.717, 1.165) is 49.8 Å². The highest BCUT2D eigenvalue weighted by atomic mass is 32.1. The summed E-state index contributed by atoms with van der Waals surface area (Å²) in [7, 11) is 0. The van der Waals surface area contributed by atoms with Gasteiger partial charge in [0.1, 0.15) is 11.1 Å². The zero-order valence-electron chi connectivity index (χ0n) is 13.5. The number of nitrogens with zero attached hydrogens (tertiary/aromatic N) is 3. The number of aromatic nitrogens is 1. The number of hydrogen-bond acceptors (Lipinski definition) is 6. The zero-order chi connectivity index (χ0) is 15.8. The second-order valence-electron chi connectivity index (χ2n) is 5.50. The van der Waals surface area contributed by atoms with Gasteiger partial charge in [0.25, 0.3) is 0 Å². The van der Waals surface area contributed by atoms with Crippen LogP contribution in [0.1, 0.15) is 49.9 Å². The summed E-state index contributed by atoms with van der Waals surface area (Å²) in [6.45, 7) is 7.98. The molecular weight excluding hydrogens is 298 g/mol. The van der Waals surface area contributed by atoms with Crippen molar-refractivity contribution in [3.63, 3.8) is 0 Å². The molecule has 5 nitrogen and oxygen atoms in total. The van der Waals surface area contributed by atoms with Crippen molar-refractivity contribution in [2.75, 3.05) is 26.4 Å². The van der Waals surface area contributed by atoms with Gasteiger partial charge >= 0.3 is 0 Å². The average Bonchev–Trinajstić information content (AvgIpc) is 3.01. The summed E-state index contributed by atoms with van der Waals surface area (Å²) < 4.78 is 11.0. The first-order valence-corrected chi connectivity index (χ1v) is 8.87. The van der Waals surface area contributed by atoms with Gasteiger partial charge in [-0.2, -0.15) is 5.26 Å². The van der Waals surface area contributed by atoms with E-state index < -0.39 is 0 Å². The fourth-order valence-corrected chi connectivity index (χ4v) is 3.56. The molecule has 0 saturated carbocycles. The number of thiazole rings is 1. The van der Waals surface area contributed by atoms with Gasteiger partial charge in [-0.25, -0.2) is 4.98 Å². The highest BCUT2D eigenvalue weighted by molar-refractivity contribution is 7.09. The lowest BCUT2D eigenvalue weighted by atomic mass is 10.1. The molecule has 0 radical (unpaired) electrons. The minimum Gasteiger partial charge on any atom is -0.381 e. The van der Waals surface area contributed by atoms with Crippen molar-refractivity contribution in [3.8, 4) is 6.07 Å². The predicted octanol–water partition coefficient (Wildman–Crippen LogP) is 3.14. The third-order valence-electron chi connectivity index (χ3n) is 3.92. The average molecular weight is 323 g/mol. The summed E-state index contributed by atoms with van der Waals surface area (Å²) in [6, 6.07) is 2.75. The fraction of sp³-hybridized carbons (Fsp3) is 0.750. The third-order valence-corrected chi connectivity index (χ3v) is 4.97. The van der Waals surface area contributed by atoms with E-state index in [1.54, 1.807) is 11.3 Å². The molecule has 0 aromatic carbocycles. The lowest BCUT2D eigenvalue weighted by Crippen LogP contribution is -2.39. The predicted molar refractivity (Wildman–Crippen MR) is 86.6 cm³/mol. The first kappa shape index (κ1) is 17.4. The summed E-state index contributed by atoms with van der Waals surface area (Å²) in [6.07, 6.45) is 2.69. The van der Waals surface area contributed by atoms with Crippen molar-refractivity contribution in [2.45, 2.75) is 51.8 Å². The van der Waals surface area contributed by atoms with Crippen LogP contribution in [0.4, 0.5) is 0 Å². The Bertz CT molecular complexity index is 480. The normalized spacial score (nSPS) is 17.5. The molecular formula is C16H25N3O2S. The number of hydrogen-bond donors (Lipinski definition) is 0. The summed E-state index contributed by atoms with van der Waals surface area (Å²) in [5.74, 6) is 0. The van der Waals surface area contributed by atoms with Crippen LogP contribution in [0.5, 0.6) is 0 Å². The fourth-order valence-electron chi connectivity index (χ4n) is 2.75. The van der Waals surface area contributed by atoms with Crippen molar-refractivity contribution in [3.05, 3.63) is 16.1 Å². The van der Waals surface area contributed by atoms with Crippen LogP contribution in [0.2, 0.25) is 0 Å². The zero-order valence-corrected chi connectivity index (χ0v) is 14.3. The van der Waals surface area contributed by atoms with Gasteiger partial charge in [0.15, 0.2) is 0 Å². The summed E-state index contributed by atoms with van der Waals surface area (Å²) >= 11 is 1.66. The number of rotatable bonds is 8. The van der Waals surface area contributed by atoms with E-state index in [0.29, 0.717) is 19.1 Å². The molecule has 0 bridgehead atoms. The van der Waals surface area contributed by atoms with Gasteiger partial charge in [0.05, 0.1) is 11.8 Å². The molecule has 2 rings (SSSR count). The van der Waals surface area contributed by atoms with Crippen molar-refractivity contribution in [1.82, 2.24) is 9.88 Å². The van der Waals surface area contributed by atoms with Crippen LogP contribution in [0.15, 0.2) is 5.38 Å². The SMILES string of the molecule is CCO[C@H](C)c1nc(CN(CCC#N)C2CCOCC2)cs1. The molecule has 1 aromatic heterocycles. The minimum atomic E-state index is 0.0550. The lowest BCUT2D eigenvalue weighted by molar-refractivity contribution is 0.0312. The standard InChI is InChI=1S/C16H25N3O2S/c1-3-21-13(2)16-18-14(12-22-16)11-19(8-4-7-17)15-5-9-20-10-6-15/h12-13,15H,3-6,8-11H2,1-2H3/t13-/m1/s1. The van der Waals surface area contributed by atoms with Crippen molar-refractivity contribution >= 4 is 11.3 Å². The van der Waals surface area contributed by atoms with Crippen molar-refractivity contribution in [2.24, 2.45) is 0 Å². The molecule has 0 unspecified atom stereocenters. The molecule has 0 spiro atoms. The van der Waals surface area contributed by atoms with Gasteiger partial charge in [0, 0.05) is 50.8 Å². The molecule has 0 aliphatic carbocycles. The smallest absolute Gasteiger partial charge is 0.122 e. The van der Waals surface area contributed by atoms with Gasteiger partial charge in [-0.15, -0.1) is 11.3 Å². The lowest BCUT2D eigenvalue weighted by Gasteiger charge is -2.33. The van der Waals surface area contributed by atoms with Gasteiger partial charge in [-0.05, 0) is 26.7 Å². The van der Waals surface area contributed by atoms with E-state index in [4.69, 9.17) is 19.7 Å². The highest BCUT2D eigenvalue weighted by Gasteiger charge is 2.22. The van der Waals surface area contributed by atoms with E-state index in [1.807, 2.05) is 13.8 Å². The maximum absolute atomic E-state index is 8.88. The maximum atomic E-state index is 8.88. The molecule has 6 heteroatoms. The Balaban J connectivity index is 1.98. The van der Waals surface area contributed by atoms with Crippen LogP contribution >= 0.6 is 11.3 Å². The largest absolute Gasteiger partial charge is 0.381 e. The topological polar surface area (TPSA) is 58.4 Å². The monoisotopic (exact) mass is 323 g/mol. The van der Waals surface area contributed by atoms with E-state index in [-0.39, 0.29) is 6.10 Å². The van der Waals surface area contributed by atoms with Crippen LogP contribution in [0, 0.1) is 11.3 Å². The Kier molecular flexibility index (Phi) is 7.26. The molecule has 1 aromatic rings. The Morgan fingerprint density at radius 2 is 2.32 bits per heavy atom. The minimum absolute atomic E-state index is 0.0550. The quantitative estimate of drug-likeness (QED) is 0.735. The molecule has 1 aliphatic rings. The van der Waals surface area contributed by atoms with Gasteiger partial charge in [0.2, 0.25) is 0 Å². The van der Waals surface area contributed by atoms with Crippen LogP contribution in [-0.4, -0.2) is 42.3 Å². The van der Waals surface area contributed by atoms with Crippen molar-refractivity contribution < 1.29 is 9.47 Å². The van der Waals surface area contributed by atoms with Crippen molar-refractivity contribution in [1.29, 1.82) is 5.26 Å². The van der Waals surface area contributed by atoms with Crippen LogP contribution in [-0.2, 0) is 16.0 Å². The Labute approximate surface area is 136 Å². The molecule has 1 fully saturated rings.